The van der Waals surface area contributed by atoms with Crippen molar-refractivity contribution in [2.75, 3.05) is 20.8 Å². The normalized spacial score (nSPS) is 15.3. The number of fused-ring (bicyclic) bond motifs is 1. The summed E-state index contributed by atoms with van der Waals surface area (Å²) in [6.45, 7) is 3.49. The van der Waals surface area contributed by atoms with E-state index in [1.165, 1.54) is 43.1 Å². The Morgan fingerprint density at radius 1 is 1.10 bits per heavy atom. The number of carbonyl (C=O) groups is 1. The lowest BCUT2D eigenvalue weighted by molar-refractivity contribution is -0.139. The van der Waals surface area contributed by atoms with Gasteiger partial charge in [-0.1, -0.05) is 29.5 Å². The minimum atomic E-state index is -4.50. The first kappa shape index (κ1) is 28.9. The molecule has 0 N–H and O–H groups in total. The maximum atomic E-state index is 13.8. The van der Waals surface area contributed by atoms with Crippen LogP contribution in [0.2, 0.25) is 0 Å². The zero-order valence-corrected chi connectivity index (χ0v) is 23.8. The van der Waals surface area contributed by atoms with E-state index in [-0.39, 0.29) is 33.8 Å². The van der Waals surface area contributed by atoms with Gasteiger partial charge >= 0.3 is 12.1 Å². The second-order valence-electron chi connectivity index (χ2n) is 9.20. The smallest absolute Gasteiger partial charge is 0.416 e. The second kappa shape index (κ2) is 11.4. The highest BCUT2D eigenvalue weighted by Crippen LogP contribution is 2.36. The van der Waals surface area contributed by atoms with Crippen LogP contribution in [-0.4, -0.2) is 31.4 Å². The van der Waals surface area contributed by atoms with E-state index in [0.717, 1.165) is 23.5 Å². The number of esters is 1. The average molecular weight is 599 g/mol. The fourth-order valence-corrected chi connectivity index (χ4v) is 5.72. The molecule has 1 aliphatic rings. The molecule has 0 amide bonds. The van der Waals surface area contributed by atoms with Gasteiger partial charge in [0.05, 0.1) is 48.2 Å². The SMILES string of the molecule is CCOC(=O)C1=C(C)N=c2s/c(=C\c3ccc(-c4cccc(C(F)(F)F)c4)o3)c(=O)n2C1c1ccc(OC)c(OC)c1. The van der Waals surface area contributed by atoms with Crippen LogP contribution in [0, 0.1) is 0 Å². The first-order valence-electron chi connectivity index (χ1n) is 12.7. The number of thiazole rings is 1. The molecule has 12 heteroatoms. The third kappa shape index (κ3) is 5.37. The van der Waals surface area contributed by atoms with Crippen LogP contribution in [0.15, 0.2) is 80.1 Å². The zero-order chi connectivity index (χ0) is 30.2. The van der Waals surface area contributed by atoms with Gasteiger partial charge in [-0.25, -0.2) is 9.79 Å². The molecular weight excluding hydrogens is 573 g/mol. The summed E-state index contributed by atoms with van der Waals surface area (Å²) in [6, 6.07) is 12.1. The monoisotopic (exact) mass is 598 g/mol. The van der Waals surface area contributed by atoms with E-state index in [2.05, 4.69) is 4.99 Å². The fourth-order valence-electron chi connectivity index (χ4n) is 4.69. The van der Waals surface area contributed by atoms with E-state index in [1.807, 2.05) is 0 Å². The lowest BCUT2D eigenvalue weighted by Gasteiger charge is -2.25. The zero-order valence-electron chi connectivity index (χ0n) is 22.9. The third-order valence-corrected chi connectivity index (χ3v) is 7.60. The number of methoxy groups -OCH3 is 2. The van der Waals surface area contributed by atoms with Gasteiger partial charge in [0.2, 0.25) is 0 Å². The van der Waals surface area contributed by atoms with Gasteiger partial charge in [0.25, 0.3) is 5.56 Å². The molecule has 2 aromatic heterocycles. The summed E-state index contributed by atoms with van der Waals surface area (Å²) >= 11 is 1.09. The van der Waals surface area contributed by atoms with Crippen LogP contribution in [0.4, 0.5) is 13.2 Å². The minimum Gasteiger partial charge on any atom is -0.493 e. The van der Waals surface area contributed by atoms with Gasteiger partial charge in [-0.3, -0.25) is 9.36 Å². The maximum Gasteiger partial charge on any atom is 0.416 e. The summed E-state index contributed by atoms with van der Waals surface area (Å²) in [7, 11) is 2.99. The molecule has 4 aromatic rings. The summed E-state index contributed by atoms with van der Waals surface area (Å²) in [5.41, 5.74) is 0.175. The van der Waals surface area contributed by atoms with E-state index in [0.29, 0.717) is 27.6 Å². The third-order valence-electron chi connectivity index (χ3n) is 6.61. The van der Waals surface area contributed by atoms with Gasteiger partial charge in [0, 0.05) is 11.6 Å². The molecule has 8 nitrogen and oxygen atoms in total. The van der Waals surface area contributed by atoms with E-state index < -0.39 is 29.3 Å². The summed E-state index contributed by atoms with van der Waals surface area (Å²) in [5, 5.41) is 0. The van der Waals surface area contributed by atoms with E-state index in [1.54, 1.807) is 38.1 Å². The average Bonchev–Trinajstić information content (AvgIpc) is 3.55. The Labute approximate surface area is 241 Å². The van der Waals surface area contributed by atoms with Crippen molar-refractivity contribution in [3.8, 4) is 22.8 Å². The number of alkyl halides is 3. The van der Waals surface area contributed by atoms with Gasteiger partial charge in [0.15, 0.2) is 16.3 Å². The number of carbonyl (C=O) groups excluding carboxylic acids is 1. The Morgan fingerprint density at radius 3 is 2.55 bits per heavy atom. The Balaban J connectivity index is 1.63. The molecule has 3 heterocycles. The molecule has 1 atom stereocenters. The highest BCUT2D eigenvalue weighted by molar-refractivity contribution is 7.07. The molecule has 1 unspecified atom stereocenters. The topological polar surface area (TPSA) is 92.3 Å². The Kier molecular flexibility index (Phi) is 7.83. The number of nitrogens with zero attached hydrogens (tertiary/aromatic N) is 2. The lowest BCUT2D eigenvalue weighted by Crippen LogP contribution is -2.39. The molecule has 5 rings (SSSR count). The molecule has 0 aliphatic carbocycles. The Bertz CT molecular complexity index is 1880. The first-order valence-corrected chi connectivity index (χ1v) is 13.6. The number of hydrogen-bond acceptors (Lipinski definition) is 8. The predicted octanol–water partition coefficient (Wildman–Crippen LogP) is 5.09. The highest BCUT2D eigenvalue weighted by Gasteiger charge is 2.34. The highest BCUT2D eigenvalue weighted by atomic mass is 32.1. The van der Waals surface area contributed by atoms with Crippen LogP contribution in [0.3, 0.4) is 0 Å². The van der Waals surface area contributed by atoms with E-state index >= 15 is 0 Å². The molecule has 218 valence electrons. The van der Waals surface area contributed by atoms with Crippen molar-refractivity contribution in [2.24, 2.45) is 4.99 Å². The number of hydrogen-bond donors (Lipinski definition) is 0. The van der Waals surface area contributed by atoms with Crippen molar-refractivity contribution in [2.45, 2.75) is 26.1 Å². The summed E-state index contributed by atoms with van der Waals surface area (Å²) in [6.07, 6.45) is -3.00. The van der Waals surface area contributed by atoms with Crippen molar-refractivity contribution in [1.29, 1.82) is 0 Å². The molecule has 1 aliphatic heterocycles. The number of rotatable bonds is 7. The lowest BCUT2D eigenvalue weighted by atomic mass is 9.95. The predicted molar refractivity (Wildman–Crippen MR) is 149 cm³/mol. The van der Waals surface area contributed by atoms with Crippen LogP contribution in [0.1, 0.15) is 36.8 Å². The summed E-state index contributed by atoms with van der Waals surface area (Å²) < 4.78 is 63.2. The minimum absolute atomic E-state index is 0.130. The van der Waals surface area contributed by atoms with Crippen LogP contribution in [0.25, 0.3) is 17.4 Å². The summed E-state index contributed by atoms with van der Waals surface area (Å²) in [5.74, 6) is 0.749. The van der Waals surface area contributed by atoms with Crippen LogP contribution >= 0.6 is 11.3 Å². The molecule has 0 fully saturated rings. The number of ether oxygens (including phenoxy) is 3. The number of allylic oxidation sites excluding steroid dienone is 1. The molecule has 0 radical (unpaired) electrons. The van der Waals surface area contributed by atoms with Gasteiger partial charge in [-0.15, -0.1) is 0 Å². The molecular formula is C30H25F3N2O6S. The van der Waals surface area contributed by atoms with Crippen molar-refractivity contribution in [3.05, 3.63) is 102 Å². The fraction of sp³-hybridized carbons (Fsp3) is 0.233. The van der Waals surface area contributed by atoms with Crippen LogP contribution in [0.5, 0.6) is 11.5 Å². The molecule has 0 saturated heterocycles. The van der Waals surface area contributed by atoms with Gasteiger partial charge < -0.3 is 18.6 Å². The molecule has 2 aromatic carbocycles. The van der Waals surface area contributed by atoms with Gasteiger partial charge in [-0.05, 0) is 55.8 Å². The quantitative estimate of drug-likeness (QED) is 0.275. The molecule has 0 bridgehead atoms. The second-order valence-corrected chi connectivity index (χ2v) is 10.2. The van der Waals surface area contributed by atoms with Crippen molar-refractivity contribution in [1.82, 2.24) is 4.57 Å². The molecule has 0 saturated carbocycles. The van der Waals surface area contributed by atoms with E-state index in [9.17, 15) is 22.8 Å². The Morgan fingerprint density at radius 2 is 1.86 bits per heavy atom. The number of halogens is 3. The largest absolute Gasteiger partial charge is 0.493 e. The van der Waals surface area contributed by atoms with Gasteiger partial charge in [0.1, 0.15) is 11.5 Å². The first-order chi connectivity index (χ1) is 20.0. The summed E-state index contributed by atoms with van der Waals surface area (Å²) in [4.78, 5) is 31.8. The standard InChI is InChI=1S/C30H25F3N2O6S/c1-5-40-28(37)25-16(2)34-29-35(26(25)18-9-11-22(38-3)23(14-18)39-4)27(36)24(42-29)15-20-10-12-21(41-20)17-7-6-8-19(13-17)30(31,32)33/h6-15,26H,5H2,1-4H3/b24-15-. The number of aromatic nitrogens is 1. The Hall–Kier alpha value is -4.58. The molecule has 42 heavy (non-hydrogen) atoms. The van der Waals surface area contributed by atoms with E-state index in [4.69, 9.17) is 18.6 Å². The van der Waals surface area contributed by atoms with Crippen molar-refractivity contribution < 1.29 is 36.6 Å². The molecule has 0 spiro atoms. The van der Waals surface area contributed by atoms with Crippen molar-refractivity contribution >= 4 is 23.4 Å². The van der Waals surface area contributed by atoms with Crippen molar-refractivity contribution in [3.63, 3.8) is 0 Å². The van der Waals surface area contributed by atoms with Crippen LogP contribution < -0.4 is 24.4 Å². The number of benzene rings is 2. The maximum absolute atomic E-state index is 13.8. The van der Waals surface area contributed by atoms with Gasteiger partial charge in [-0.2, -0.15) is 13.2 Å². The van der Waals surface area contributed by atoms with Crippen LogP contribution in [-0.2, 0) is 15.7 Å². The number of furan rings is 1.